The molecule has 0 fully saturated rings. The molecule has 2 aromatic carbocycles. The Hall–Kier alpha value is -2.93. The third-order valence-electron chi connectivity index (χ3n) is 3.00. The van der Waals surface area contributed by atoms with Crippen LogP contribution in [0.15, 0.2) is 42.5 Å². The molecule has 0 spiro atoms. The standard InChI is InChI=1S/C15H11ClN2O5/c16-12-6-3-10(15(20)21)8-13(12)17-14(19)7-9-1-4-11(5-2-9)18(22)23/h1-6,8H,7H2,(H,17,19)(H,20,21). The lowest BCUT2D eigenvalue weighted by Gasteiger charge is -2.08. The normalized spacial score (nSPS) is 10.1. The lowest BCUT2D eigenvalue weighted by molar-refractivity contribution is -0.384. The van der Waals surface area contributed by atoms with E-state index in [1.54, 1.807) is 0 Å². The third-order valence-corrected chi connectivity index (χ3v) is 3.33. The van der Waals surface area contributed by atoms with Crippen molar-refractivity contribution >= 4 is 34.9 Å². The number of nitro groups is 1. The van der Waals surface area contributed by atoms with Gasteiger partial charge in [0, 0.05) is 12.1 Å². The van der Waals surface area contributed by atoms with E-state index in [1.807, 2.05) is 0 Å². The van der Waals surface area contributed by atoms with Gasteiger partial charge in [-0.3, -0.25) is 14.9 Å². The van der Waals surface area contributed by atoms with Crippen molar-refractivity contribution in [1.82, 2.24) is 0 Å². The van der Waals surface area contributed by atoms with Crippen LogP contribution in [0, 0.1) is 10.1 Å². The number of anilines is 1. The Morgan fingerprint density at radius 2 is 1.83 bits per heavy atom. The molecule has 8 heteroatoms. The zero-order valence-electron chi connectivity index (χ0n) is 11.7. The van der Waals surface area contributed by atoms with Gasteiger partial charge in [0.15, 0.2) is 0 Å². The maximum Gasteiger partial charge on any atom is 0.335 e. The Bertz CT molecular complexity index is 774. The molecular formula is C15H11ClN2O5. The van der Waals surface area contributed by atoms with E-state index in [1.165, 1.54) is 42.5 Å². The SMILES string of the molecule is O=C(Cc1ccc([N+](=O)[O-])cc1)Nc1cc(C(=O)O)ccc1Cl. The number of nitro benzene ring substituents is 1. The van der Waals surface area contributed by atoms with Crippen molar-refractivity contribution in [2.75, 3.05) is 5.32 Å². The third kappa shape index (κ3) is 4.27. The summed E-state index contributed by atoms with van der Waals surface area (Å²) in [6, 6.07) is 9.54. The number of nitrogens with one attached hydrogen (secondary N) is 1. The summed E-state index contributed by atoms with van der Waals surface area (Å²) >= 11 is 5.92. The van der Waals surface area contributed by atoms with E-state index in [0.717, 1.165) is 0 Å². The Labute approximate surface area is 135 Å². The molecule has 0 bridgehead atoms. The van der Waals surface area contributed by atoms with Gasteiger partial charge in [0.2, 0.25) is 5.91 Å². The van der Waals surface area contributed by atoms with Gasteiger partial charge in [0.25, 0.3) is 5.69 Å². The van der Waals surface area contributed by atoms with Crippen LogP contribution >= 0.6 is 11.6 Å². The molecule has 7 nitrogen and oxygen atoms in total. The summed E-state index contributed by atoms with van der Waals surface area (Å²) in [7, 11) is 0. The van der Waals surface area contributed by atoms with Gasteiger partial charge in [-0.15, -0.1) is 0 Å². The molecule has 0 heterocycles. The zero-order chi connectivity index (χ0) is 17.0. The number of rotatable bonds is 5. The summed E-state index contributed by atoms with van der Waals surface area (Å²) in [6.45, 7) is 0. The van der Waals surface area contributed by atoms with Crippen molar-refractivity contribution in [3.05, 3.63) is 68.7 Å². The highest BCUT2D eigenvalue weighted by Gasteiger charge is 2.11. The predicted molar refractivity (Wildman–Crippen MR) is 83.8 cm³/mol. The Balaban J connectivity index is 2.09. The number of carbonyl (C=O) groups excluding carboxylic acids is 1. The van der Waals surface area contributed by atoms with Crippen LogP contribution in [0.1, 0.15) is 15.9 Å². The topological polar surface area (TPSA) is 110 Å². The first-order valence-electron chi connectivity index (χ1n) is 6.43. The smallest absolute Gasteiger partial charge is 0.335 e. The maximum absolute atomic E-state index is 12.0. The van der Waals surface area contributed by atoms with Gasteiger partial charge in [-0.2, -0.15) is 0 Å². The van der Waals surface area contributed by atoms with Crippen LogP contribution < -0.4 is 5.32 Å². The molecule has 2 N–H and O–H groups in total. The van der Waals surface area contributed by atoms with Crippen LogP contribution in [0.3, 0.4) is 0 Å². The molecule has 118 valence electrons. The number of benzene rings is 2. The molecule has 0 aliphatic carbocycles. The van der Waals surface area contributed by atoms with Gasteiger partial charge in [0.05, 0.1) is 27.6 Å². The fourth-order valence-corrected chi connectivity index (χ4v) is 2.03. The van der Waals surface area contributed by atoms with E-state index in [2.05, 4.69) is 5.32 Å². The van der Waals surface area contributed by atoms with Gasteiger partial charge in [-0.05, 0) is 23.8 Å². The van der Waals surface area contributed by atoms with E-state index >= 15 is 0 Å². The number of carboxylic acids is 1. The highest BCUT2D eigenvalue weighted by atomic mass is 35.5. The monoisotopic (exact) mass is 334 g/mol. The Kier molecular flexibility index (Phi) is 4.92. The Morgan fingerprint density at radius 3 is 2.39 bits per heavy atom. The molecule has 2 aromatic rings. The largest absolute Gasteiger partial charge is 0.478 e. The molecule has 23 heavy (non-hydrogen) atoms. The lowest BCUT2D eigenvalue weighted by Crippen LogP contribution is -2.15. The first-order chi connectivity index (χ1) is 10.9. The number of hydrogen-bond donors (Lipinski definition) is 2. The molecule has 0 atom stereocenters. The molecule has 0 saturated heterocycles. The molecule has 0 aromatic heterocycles. The number of non-ortho nitro benzene ring substituents is 1. The van der Waals surface area contributed by atoms with Gasteiger partial charge >= 0.3 is 5.97 Å². The highest BCUT2D eigenvalue weighted by molar-refractivity contribution is 6.33. The number of halogens is 1. The van der Waals surface area contributed by atoms with Gasteiger partial charge in [-0.25, -0.2) is 4.79 Å². The molecule has 0 aliphatic rings. The van der Waals surface area contributed by atoms with Crippen molar-refractivity contribution in [3.63, 3.8) is 0 Å². The first-order valence-corrected chi connectivity index (χ1v) is 6.80. The zero-order valence-corrected chi connectivity index (χ0v) is 12.4. The number of aromatic carboxylic acids is 1. The van der Waals surface area contributed by atoms with E-state index in [4.69, 9.17) is 16.7 Å². The molecule has 0 aliphatic heterocycles. The summed E-state index contributed by atoms with van der Waals surface area (Å²) in [5.41, 5.74) is 0.712. The van der Waals surface area contributed by atoms with Crippen LogP contribution in [0.5, 0.6) is 0 Å². The fraction of sp³-hybridized carbons (Fsp3) is 0.0667. The number of carbonyl (C=O) groups is 2. The number of hydrogen-bond acceptors (Lipinski definition) is 4. The van der Waals surface area contributed by atoms with Crippen molar-refractivity contribution in [2.45, 2.75) is 6.42 Å². The quantitative estimate of drug-likeness (QED) is 0.644. The number of amides is 1. The minimum Gasteiger partial charge on any atom is -0.478 e. The van der Waals surface area contributed by atoms with Crippen molar-refractivity contribution < 1.29 is 19.6 Å². The minimum atomic E-state index is -1.13. The molecule has 1 amide bonds. The number of carboxylic acid groups (broad SMARTS) is 1. The first kappa shape index (κ1) is 16.4. The van der Waals surface area contributed by atoms with Crippen LogP contribution in [-0.2, 0) is 11.2 Å². The Morgan fingerprint density at radius 1 is 1.17 bits per heavy atom. The fourth-order valence-electron chi connectivity index (χ4n) is 1.87. The van der Waals surface area contributed by atoms with Crippen LogP contribution in [0.4, 0.5) is 11.4 Å². The molecule has 0 unspecified atom stereocenters. The van der Waals surface area contributed by atoms with Gasteiger partial charge in [-0.1, -0.05) is 23.7 Å². The molecule has 0 radical (unpaired) electrons. The molecular weight excluding hydrogens is 324 g/mol. The van der Waals surface area contributed by atoms with Crippen molar-refractivity contribution in [1.29, 1.82) is 0 Å². The van der Waals surface area contributed by atoms with Crippen molar-refractivity contribution in [3.8, 4) is 0 Å². The summed E-state index contributed by atoms with van der Waals surface area (Å²) in [4.78, 5) is 32.9. The van der Waals surface area contributed by atoms with Crippen LogP contribution in [0.25, 0.3) is 0 Å². The van der Waals surface area contributed by atoms with Crippen molar-refractivity contribution in [2.24, 2.45) is 0 Å². The second-order valence-corrected chi connectivity index (χ2v) is 5.06. The average Bonchev–Trinajstić information content (AvgIpc) is 2.49. The number of nitrogens with zero attached hydrogens (tertiary/aromatic N) is 1. The molecule has 2 rings (SSSR count). The lowest BCUT2D eigenvalue weighted by atomic mass is 10.1. The second-order valence-electron chi connectivity index (χ2n) is 4.65. The van der Waals surface area contributed by atoms with E-state index in [9.17, 15) is 19.7 Å². The summed E-state index contributed by atoms with van der Waals surface area (Å²) < 4.78 is 0. The summed E-state index contributed by atoms with van der Waals surface area (Å²) in [5.74, 6) is -1.55. The van der Waals surface area contributed by atoms with Gasteiger partial charge < -0.3 is 10.4 Å². The molecule has 0 saturated carbocycles. The summed E-state index contributed by atoms with van der Waals surface area (Å²) in [6.07, 6.45) is -0.0222. The van der Waals surface area contributed by atoms with E-state index in [-0.39, 0.29) is 28.4 Å². The van der Waals surface area contributed by atoms with Crippen LogP contribution in [0.2, 0.25) is 5.02 Å². The van der Waals surface area contributed by atoms with Gasteiger partial charge in [0.1, 0.15) is 0 Å². The minimum absolute atomic E-state index is 0.0000332. The second kappa shape index (κ2) is 6.89. The highest BCUT2D eigenvalue weighted by Crippen LogP contribution is 2.23. The average molecular weight is 335 g/mol. The van der Waals surface area contributed by atoms with E-state index < -0.39 is 16.8 Å². The predicted octanol–water partition coefficient (Wildman–Crippen LogP) is 3.13. The summed E-state index contributed by atoms with van der Waals surface area (Å²) in [5, 5.41) is 22.2. The van der Waals surface area contributed by atoms with Crippen LogP contribution in [-0.4, -0.2) is 21.9 Å². The maximum atomic E-state index is 12.0. The van der Waals surface area contributed by atoms with E-state index in [0.29, 0.717) is 5.56 Å².